The zero-order valence-corrected chi connectivity index (χ0v) is 40.8. The van der Waals surface area contributed by atoms with E-state index in [0.717, 1.165) is 12.8 Å². The first-order chi connectivity index (χ1) is 27.1. The molecule has 0 rings (SSSR count). The lowest BCUT2D eigenvalue weighted by Gasteiger charge is -2.07. The number of unbranched alkanes of at least 4 members (excludes halogenated alkanes) is 30. The molecule has 0 saturated heterocycles. The van der Waals surface area contributed by atoms with Crippen LogP contribution in [0.4, 0.5) is 0 Å². The lowest BCUT2D eigenvalue weighted by atomic mass is 10.0. The molecule has 2 atom stereocenters. The molecule has 0 bridgehead atoms. The van der Waals surface area contributed by atoms with Gasteiger partial charge in [-0.3, -0.25) is 9.11 Å². The van der Waals surface area contributed by atoms with E-state index in [1.54, 1.807) is 0 Å². The molecular weight excluding hydrogens is 733 g/mol. The highest BCUT2D eigenvalue weighted by Crippen LogP contribution is 2.15. The molecule has 57 heavy (non-hydrogen) atoms. The largest absolute Gasteiger partial charge is 0.394 e. The number of rotatable bonds is 36. The van der Waals surface area contributed by atoms with Gasteiger partial charge in [0.1, 0.15) is 0 Å². The van der Waals surface area contributed by atoms with Crippen molar-refractivity contribution in [3.63, 3.8) is 0 Å². The molecule has 352 valence electrons. The predicted octanol–water partition coefficient (Wildman–Crippen LogP) is 11.6. The smallest absolute Gasteiger partial charge is 0.329 e. The minimum absolute atomic E-state index is 0.228. The molecule has 0 amide bonds. The molecule has 10 nitrogen and oxygen atoms in total. The van der Waals surface area contributed by atoms with Gasteiger partial charge in [0.2, 0.25) is 0 Å². The van der Waals surface area contributed by atoms with Gasteiger partial charge in [-0.05, 0) is 55.1 Å². The standard InChI is InChI=1S/2C20H44N2.2C3H9N.H2O4S/c2*1-2-3-4-5-6-7-8-9-10-11-12-13-14-15-16-17-18-20(22)19-21;2*1-4(2)3;1-5(2,3)4/h2*20H,2-19,21-22H2,1H3;2*1-3H3;(H2,1,2,3,4). The van der Waals surface area contributed by atoms with E-state index >= 15 is 0 Å². The SMILES string of the molecule is CCCCCCCCCCCCCCCCCCC(N)CN.CCCCCCCCCCCCCCCCCCC(N)CN.CN(C)C.CN(C)C.O=S(=O)(O)O. The summed E-state index contributed by atoms with van der Waals surface area (Å²) in [5.74, 6) is 0. The summed E-state index contributed by atoms with van der Waals surface area (Å²) in [6.45, 7) is 5.85. The Morgan fingerprint density at radius 1 is 0.368 bits per heavy atom. The lowest BCUT2D eigenvalue weighted by molar-refractivity contribution is 0.381. The molecular formula is C46H108N6O4S. The number of nitrogens with zero attached hydrogens (tertiary/aromatic N) is 2. The summed E-state index contributed by atoms with van der Waals surface area (Å²) < 4.78 is 31.6. The molecule has 0 aromatic heterocycles. The fourth-order valence-electron chi connectivity index (χ4n) is 6.14. The van der Waals surface area contributed by atoms with Gasteiger partial charge < -0.3 is 32.7 Å². The Labute approximate surface area is 359 Å². The van der Waals surface area contributed by atoms with Crippen LogP contribution in [0.3, 0.4) is 0 Å². The van der Waals surface area contributed by atoms with Crippen molar-refractivity contribution in [2.45, 2.75) is 244 Å². The van der Waals surface area contributed by atoms with Crippen LogP contribution in [-0.4, -0.2) is 94.8 Å². The van der Waals surface area contributed by atoms with Crippen LogP contribution in [0, 0.1) is 0 Å². The molecule has 0 aromatic carbocycles. The van der Waals surface area contributed by atoms with Gasteiger partial charge in [0.15, 0.2) is 0 Å². The Bertz CT molecular complexity index is 717. The van der Waals surface area contributed by atoms with Gasteiger partial charge in [0, 0.05) is 25.2 Å². The van der Waals surface area contributed by atoms with Crippen LogP contribution >= 0.6 is 0 Å². The minimum atomic E-state index is -4.67. The van der Waals surface area contributed by atoms with E-state index in [4.69, 9.17) is 40.5 Å². The molecule has 0 aliphatic heterocycles. The van der Waals surface area contributed by atoms with Crippen molar-refractivity contribution < 1.29 is 17.5 Å². The Balaban J connectivity index is -0.000000241. The summed E-state index contributed by atoms with van der Waals surface area (Å²) in [5.41, 5.74) is 22.6. The second-order valence-electron chi connectivity index (χ2n) is 17.3. The third-order valence-corrected chi connectivity index (χ3v) is 9.46. The molecule has 0 fully saturated rings. The van der Waals surface area contributed by atoms with E-state index in [-0.39, 0.29) is 12.1 Å². The van der Waals surface area contributed by atoms with E-state index in [2.05, 4.69) is 13.8 Å². The van der Waals surface area contributed by atoms with Crippen LogP contribution < -0.4 is 22.9 Å². The molecule has 0 saturated carbocycles. The van der Waals surface area contributed by atoms with E-state index < -0.39 is 10.4 Å². The molecule has 0 heterocycles. The summed E-state index contributed by atoms with van der Waals surface area (Å²) in [6.07, 6.45) is 47.7. The van der Waals surface area contributed by atoms with E-state index in [0.29, 0.717) is 13.1 Å². The highest BCUT2D eigenvalue weighted by molar-refractivity contribution is 7.79. The predicted molar refractivity (Wildman–Crippen MR) is 256 cm³/mol. The van der Waals surface area contributed by atoms with Crippen LogP contribution in [0.25, 0.3) is 0 Å². The molecule has 2 unspecified atom stereocenters. The first-order valence-corrected chi connectivity index (χ1v) is 25.3. The van der Waals surface area contributed by atoms with Gasteiger partial charge in [-0.1, -0.05) is 219 Å². The third-order valence-electron chi connectivity index (χ3n) is 9.46. The highest BCUT2D eigenvalue weighted by atomic mass is 32.3. The number of hydrogen-bond acceptors (Lipinski definition) is 8. The van der Waals surface area contributed by atoms with Crippen molar-refractivity contribution in [2.24, 2.45) is 22.9 Å². The zero-order valence-electron chi connectivity index (χ0n) is 39.9. The monoisotopic (exact) mass is 841 g/mol. The topological polar surface area (TPSA) is 185 Å². The summed E-state index contributed by atoms with van der Waals surface area (Å²) in [4.78, 5) is 4.00. The highest BCUT2D eigenvalue weighted by Gasteiger charge is 2.00. The average Bonchev–Trinajstić information content (AvgIpc) is 3.13. The van der Waals surface area contributed by atoms with Crippen molar-refractivity contribution in [3.05, 3.63) is 0 Å². The maximum atomic E-state index is 8.74. The van der Waals surface area contributed by atoms with Crippen molar-refractivity contribution in [1.82, 2.24) is 9.80 Å². The van der Waals surface area contributed by atoms with Gasteiger partial charge >= 0.3 is 10.4 Å². The normalized spacial score (nSPS) is 12.1. The second-order valence-corrected chi connectivity index (χ2v) is 18.2. The van der Waals surface area contributed by atoms with Gasteiger partial charge in [0.25, 0.3) is 0 Å². The Hall–Kier alpha value is -0.370. The molecule has 0 spiro atoms. The van der Waals surface area contributed by atoms with Crippen molar-refractivity contribution in [1.29, 1.82) is 0 Å². The van der Waals surface area contributed by atoms with Crippen molar-refractivity contribution in [3.8, 4) is 0 Å². The van der Waals surface area contributed by atoms with E-state index in [1.165, 1.54) is 205 Å². The Kier molecular flexibility index (Phi) is 66.6. The molecule has 10 N–H and O–H groups in total. The van der Waals surface area contributed by atoms with Crippen molar-refractivity contribution >= 4 is 10.4 Å². The van der Waals surface area contributed by atoms with Gasteiger partial charge in [-0.25, -0.2) is 0 Å². The lowest BCUT2D eigenvalue weighted by Crippen LogP contribution is -2.29. The van der Waals surface area contributed by atoms with Gasteiger partial charge in [-0.2, -0.15) is 8.42 Å². The Morgan fingerprint density at radius 3 is 0.614 bits per heavy atom. The molecule has 11 heteroatoms. The van der Waals surface area contributed by atoms with Crippen LogP contribution in [0.2, 0.25) is 0 Å². The summed E-state index contributed by atoms with van der Waals surface area (Å²) in [5, 5.41) is 0. The summed E-state index contributed by atoms with van der Waals surface area (Å²) >= 11 is 0. The third kappa shape index (κ3) is 102. The summed E-state index contributed by atoms with van der Waals surface area (Å²) in [7, 11) is 7.33. The van der Waals surface area contributed by atoms with E-state index in [1.807, 2.05) is 52.1 Å². The second kappa shape index (κ2) is 57.7. The van der Waals surface area contributed by atoms with Gasteiger partial charge in [-0.15, -0.1) is 0 Å². The van der Waals surface area contributed by atoms with Crippen LogP contribution in [-0.2, 0) is 10.4 Å². The van der Waals surface area contributed by atoms with Crippen LogP contribution in [0.5, 0.6) is 0 Å². The summed E-state index contributed by atoms with van der Waals surface area (Å²) in [6, 6.07) is 0.457. The molecule has 0 aromatic rings. The fourth-order valence-corrected chi connectivity index (χ4v) is 6.14. The molecule has 0 radical (unpaired) electrons. The molecule has 0 aliphatic rings. The first kappa shape index (κ1) is 65.7. The fraction of sp³-hybridized carbons (Fsp3) is 1.00. The van der Waals surface area contributed by atoms with Crippen LogP contribution in [0.15, 0.2) is 0 Å². The minimum Gasteiger partial charge on any atom is -0.329 e. The first-order valence-electron chi connectivity index (χ1n) is 23.9. The van der Waals surface area contributed by atoms with Gasteiger partial charge in [0.05, 0.1) is 0 Å². The van der Waals surface area contributed by atoms with E-state index in [9.17, 15) is 0 Å². The maximum Gasteiger partial charge on any atom is 0.394 e. The number of hydrogen-bond donors (Lipinski definition) is 6. The van der Waals surface area contributed by atoms with Crippen LogP contribution in [0.1, 0.15) is 232 Å². The number of nitrogens with two attached hydrogens (primary N) is 4. The quantitative estimate of drug-likeness (QED) is 0.0262. The Morgan fingerprint density at radius 2 is 0.491 bits per heavy atom. The maximum absolute atomic E-state index is 8.74. The average molecular weight is 841 g/mol. The molecule has 0 aliphatic carbocycles. The zero-order chi connectivity index (χ0) is 44.3. The van der Waals surface area contributed by atoms with Crippen molar-refractivity contribution in [2.75, 3.05) is 55.4 Å².